The molecule has 1 heterocycles. The van der Waals surface area contributed by atoms with Crippen LogP contribution in [0.2, 0.25) is 0 Å². The van der Waals surface area contributed by atoms with E-state index >= 15 is 0 Å². The van der Waals surface area contributed by atoms with E-state index in [1.807, 2.05) is 25.3 Å². The number of aryl methyl sites for hydroxylation is 1. The first-order chi connectivity index (χ1) is 8.70. The lowest BCUT2D eigenvalue weighted by atomic mass is 10.2. The number of nitrogens with zero attached hydrogens (tertiary/aromatic N) is 2. The molecule has 0 amide bonds. The summed E-state index contributed by atoms with van der Waals surface area (Å²) in [5.74, 6) is -0.224. The summed E-state index contributed by atoms with van der Waals surface area (Å²) < 4.78 is 15.1. The van der Waals surface area contributed by atoms with E-state index < -0.39 is 0 Å². The van der Waals surface area contributed by atoms with Gasteiger partial charge in [0.15, 0.2) is 0 Å². The van der Waals surface area contributed by atoms with Crippen molar-refractivity contribution in [1.82, 2.24) is 15.1 Å². The smallest absolute Gasteiger partial charge is 0.125 e. The van der Waals surface area contributed by atoms with Crippen LogP contribution in [-0.2, 0) is 6.54 Å². The summed E-state index contributed by atoms with van der Waals surface area (Å²) in [6, 6.07) is 7.58. The van der Waals surface area contributed by atoms with Crippen molar-refractivity contribution in [3.8, 4) is 5.69 Å². The van der Waals surface area contributed by atoms with Gasteiger partial charge in [0.05, 0.1) is 11.4 Å². The molecule has 1 saturated carbocycles. The summed E-state index contributed by atoms with van der Waals surface area (Å²) in [6.45, 7) is 2.66. The van der Waals surface area contributed by atoms with E-state index in [-0.39, 0.29) is 5.82 Å². The topological polar surface area (TPSA) is 29.9 Å². The van der Waals surface area contributed by atoms with Gasteiger partial charge in [-0.15, -0.1) is 0 Å². The molecule has 94 valence electrons. The Bertz CT molecular complexity index is 538. The Morgan fingerprint density at radius 2 is 2.22 bits per heavy atom. The molecule has 0 unspecified atom stereocenters. The lowest BCUT2D eigenvalue weighted by Crippen LogP contribution is -2.15. The molecule has 0 bridgehead atoms. The van der Waals surface area contributed by atoms with Crippen molar-refractivity contribution in [3.05, 3.63) is 47.5 Å². The largest absolute Gasteiger partial charge is 0.308 e. The van der Waals surface area contributed by atoms with Gasteiger partial charge in [0, 0.05) is 18.8 Å². The number of hydrogen-bond acceptors (Lipinski definition) is 2. The van der Waals surface area contributed by atoms with Crippen molar-refractivity contribution < 1.29 is 4.39 Å². The third kappa shape index (κ3) is 2.59. The first-order valence-electron chi connectivity index (χ1n) is 6.26. The fourth-order valence-electron chi connectivity index (χ4n) is 1.99. The zero-order chi connectivity index (χ0) is 12.5. The Hall–Kier alpha value is -1.68. The predicted octanol–water partition coefficient (Wildman–Crippen LogP) is 2.57. The second kappa shape index (κ2) is 4.53. The number of hydrogen-bond donors (Lipinski definition) is 1. The van der Waals surface area contributed by atoms with E-state index in [0.29, 0.717) is 6.04 Å². The maximum atomic E-state index is 13.3. The van der Waals surface area contributed by atoms with Gasteiger partial charge in [-0.05, 0) is 49.6 Å². The average Bonchev–Trinajstić information content (AvgIpc) is 3.02. The first-order valence-corrected chi connectivity index (χ1v) is 6.26. The van der Waals surface area contributed by atoms with Crippen LogP contribution in [0.4, 0.5) is 4.39 Å². The van der Waals surface area contributed by atoms with E-state index in [4.69, 9.17) is 0 Å². The van der Waals surface area contributed by atoms with Gasteiger partial charge in [-0.25, -0.2) is 9.07 Å². The minimum atomic E-state index is -0.224. The third-order valence-corrected chi connectivity index (χ3v) is 3.08. The Morgan fingerprint density at radius 1 is 1.39 bits per heavy atom. The first kappa shape index (κ1) is 11.4. The SMILES string of the molecule is Cc1cc(F)cc(-n2ccc(CNC3CC3)n2)c1. The third-order valence-electron chi connectivity index (χ3n) is 3.08. The van der Waals surface area contributed by atoms with E-state index in [2.05, 4.69) is 10.4 Å². The average molecular weight is 245 g/mol. The number of halogens is 1. The summed E-state index contributed by atoms with van der Waals surface area (Å²) >= 11 is 0. The normalized spacial score (nSPS) is 15.0. The van der Waals surface area contributed by atoms with Crippen LogP contribution in [0.25, 0.3) is 5.69 Å². The molecule has 1 N–H and O–H groups in total. The molecular formula is C14H16FN3. The molecule has 0 saturated heterocycles. The van der Waals surface area contributed by atoms with Crippen molar-refractivity contribution in [1.29, 1.82) is 0 Å². The van der Waals surface area contributed by atoms with Gasteiger partial charge >= 0.3 is 0 Å². The quantitative estimate of drug-likeness (QED) is 0.897. The highest BCUT2D eigenvalue weighted by atomic mass is 19.1. The van der Waals surface area contributed by atoms with E-state index in [9.17, 15) is 4.39 Å². The Morgan fingerprint density at radius 3 is 2.94 bits per heavy atom. The monoisotopic (exact) mass is 245 g/mol. The van der Waals surface area contributed by atoms with Crippen molar-refractivity contribution in [3.63, 3.8) is 0 Å². The summed E-state index contributed by atoms with van der Waals surface area (Å²) in [5.41, 5.74) is 2.66. The molecule has 0 atom stereocenters. The van der Waals surface area contributed by atoms with E-state index in [1.54, 1.807) is 4.68 Å². The second-order valence-electron chi connectivity index (χ2n) is 4.89. The molecule has 4 heteroatoms. The predicted molar refractivity (Wildman–Crippen MR) is 68.1 cm³/mol. The van der Waals surface area contributed by atoms with Crippen molar-refractivity contribution in [2.45, 2.75) is 32.4 Å². The minimum absolute atomic E-state index is 0.224. The summed E-state index contributed by atoms with van der Waals surface area (Å²) in [6.07, 6.45) is 4.41. The minimum Gasteiger partial charge on any atom is -0.308 e. The van der Waals surface area contributed by atoms with Gasteiger partial charge in [0.25, 0.3) is 0 Å². The fraction of sp³-hybridized carbons (Fsp3) is 0.357. The van der Waals surface area contributed by atoms with Gasteiger partial charge in [0.1, 0.15) is 5.82 Å². The number of benzene rings is 1. The molecule has 2 aromatic rings. The van der Waals surface area contributed by atoms with Gasteiger partial charge in [-0.2, -0.15) is 5.10 Å². The summed E-state index contributed by atoms with van der Waals surface area (Å²) in [4.78, 5) is 0. The van der Waals surface area contributed by atoms with Gasteiger partial charge < -0.3 is 5.32 Å². The molecular weight excluding hydrogens is 229 g/mol. The molecule has 1 aliphatic carbocycles. The molecule has 0 radical (unpaired) electrons. The van der Waals surface area contributed by atoms with Crippen molar-refractivity contribution in [2.75, 3.05) is 0 Å². The maximum Gasteiger partial charge on any atom is 0.125 e. The number of nitrogens with one attached hydrogen (secondary N) is 1. The lowest BCUT2D eigenvalue weighted by Gasteiger charge is -2.03. The zero-order valence-corrected chi connectivity index (χ0v) is 10.4. The molecule has 1 aliphatic rings. The summed E-state index contributed by atoms with van der Waals surface area (Å²) in [5, 5.41) is 7.86. The van der Waals surface area contributed by atoms with Gasteiger partial charge in [-0.1, -0.05) is 0 Å². The molecule has 18 heavy (non-hydrogen) atoms. The van der Waals surface area contributed by atoms with Crippen molar-refractivity contribution in [2.24, 2.45) is 0 Å². The molecule has 3 nitrogen and oxygen atoms in total. The summed E-state index contributed by atoms with van der Waals surface area (Å²) in [7, 11) is 0. The van der Waals surface area contributed by atoms with Crippen LogP contribution in [-0.4, -0.2) is 15.8 Å². The van der Waals surface area contributed by atoms with Crippen LogP contribution >= 0.6 is 0 Å². The van der Waals surface area contributed by atoms with Crippen molar-refractivity contribution >= 4 is 0 Å². The Balaban J connectivity index is 1.78. The fourth-order valence-corrected chi connectivity index (χ4v) is 1.99. The molecule has 1 fully saturated rings. The van der Waals surface area contributed by atoms with Crippen LogP contribution < -0.4 is 5.32 Å². The molecule has 3 rings (SSSR count). The number of aromatic nitrogens is 2. The molecule has 1 aromatic carbocycles. The Labute approximate surface area is 106 Å². The van der Waals surface area contributed by atoms with Crippen LogP contribution in [0.3, 0.4) is 0 Å². The highest BCUT2D eigenvalue weighted by Crippen LogP contribution is 2.19. The molecule has 0 spiro atoms. The van der Waals surface area contributed by atoms with E-state index in [0.717, 1.165) is 23.5 Å². The highest BCUT2D eigenvalue weighted by Gasteiger charge is 2.20. The number of rotatable bonds is 4. The highest BCUT2D eigenvalue weighted by molar-refractivity contribution is 5.35. The van der Waals surface area contributed by atoms with Gasteiger partial charge in [-0.3, -0.25) is 0 Å². The Kier molecular flexibility index (Phi) is 2.88. The standard InChI is InChI=1S/C14H16FN3/c1-10-6-11(15)8-14(7-10)18-5-4-13(17-18)9-16-12-2-3-12/h4-8,12,16H,2-3,9H2,1H3. The van der Waals surface area contributed by atoms with Crippen LogP contribution in [0, 0.1) is 12.7 Å². The van der Waals surface area contributed by atoms with Crippen LogP contribution in [0.5, 0.6) is 0 Å². The molecule has 1 aromatic heterocycles. The van der Waals surface area contributed by atoms with Crippen LogP contribution in [0.15, 0.2) is 30.5 Å². The van der Waals surface area contributed by atoms with Crippen LogP contribution in [0.1, 0.15) is 24.1 Å². The second-order valence-corrected chi connectivity index (χ2v) is 4.89. The molecule has 0 aliphatic heterocycles. The zero-order valence-electron chi connectivity index (χ0n) is 10.4. The maximum absolute atomic E-state index is 13.3. The lowest BCUT2D eigenvalue weighted by molar-refractivity contribution is 0.623. The van der Waals surface area contributed by atoms with E-state index in [1.165, 1.54) is 25.0 Å². The van der Waals surface area contributed by atoms with Gasteiger partial charge in [0.2, 0.25) is 0 Å².